The number of aryl methyl sites for hydroxylation is 2. The summed E-state index contributed by atoms with van der Waals surface area (Å²) in [5.74, 6) is -0.0782. The molecule has 8 nitrogen and oxygen atoms in total. The summed E-state index contributed by atoms with van der Waals surface area (Å²) in [6.45, 7) is 3.39. The molecule has 0 spiro atoms. The van der Waals surface area contributed by atoms with Crippen LogP contribution in [0.3, 0.4) is 0 Å². The summed E-state index contributed by atoms with van der Waals surface area (Å²) in [6, 6.07) is 4.39. The second-order valence-corrected chi connectivity index (χ2v) is 4.29. The number of aromatic nitrogens is 3. The summed E-state index contributed by atoms with van der Waals surface area (Å²) in [7, 11) is 0. The molecule has 0 aliphatic heterocycles. The summed E-state index contributed by atoms with van der Waals surface area (Å²) >= 11 is 0. The molecule has 1 heterocycles. The number of nitro benzene ring substituents is 1. The van der Waals surface area contributed by atoms with Crippen molar-refractivity contribution < 1.29 is 14.8 Å². The monoisotopic (exact) mass is 288 g/mol. The highest BCUT2D eigenvalue weighted by Crippen LogP contribution is 2.25. The third-order valence-electron chi connectivity index (χ3n) is 2.72. The van der Waals surface area contributed by atoms with Gasteiger partial charge in [0.25, 0.3) is 5.69 Å². The lowest BCUT2D eigenvalue weighted by Crippen LogP contribution is -2.04. The van der Waals surface area contributed by atoms with Crippen LogP contribution in [-0.2, 0) is 4.79 Å². The van der Waals surface area contributed by atoms with Gasteiger partial charge in [0, 0.05) is 12.1 Å². The van der Waals surface area contributed by atoms with Crippen LogP contribution in [0, 0.1) is 24.0 Å². The van der Waals surface area contributed by atoms with Crippen molar-refractivity contribution in [3.05, 3.63) is 51.6 Å². The lowest BCUT2D eigenvalue weighted by molar-refractivity contribution is -0.384. The van der Waals surface area contributed by atoms with Crippen molar-refractivity contribution in [1.29, 1.82) is 0 Å². The summed E-state index contributed by atoms with van der Waals surface area (Å²) in [4.78, 5) is 25.3. The molecule has 0 atom stereocenters. The first-order chi connectivity index (χ1) is 9.88. The molecule has 2 aromatic rings. The summed E-state index contributed by atoms with van der Waals surface area (Å²) in [6.07, 6.45) is 2.21. The van der Waals surface area contributed by atoms with Gasteiger partial charge in [-0.1, -0.05) is 6.07 Å². The van der Waals surface area contributed by atoms with Crippen LogP contribution in [-0.4, -0.2) is 30.8 Å². The normalized spacial score (nSPS) is 11.0. The molecule has 0 amide bonds. The average molecular weight is 288 g/mol. The van der Waals surface area contributed by atoms with E-state index in [2.05, 4.69) is 10.1 Å². The van der Waals surface area contributed by atoms with Crippen LogP contribution in [0.5, 0.6) is 0 Å². The first kappa shape index (κ1) is 14.4. The van der Waals surface area contributed by atoms with Crippen LogP contribution in [0.15, 0.2) is 24.3 Å². The van der Waals surface area contributed by atoms with Crippen LogP contribution >= 0.6 is 0 Å². The van der Waals surface area contributed by atoms with Gasteiger partial charge in [-0.3, -0.25) is 10.1 Å². The van der Waals surface area contributed by atoms with Gasteiger partial charge in [0.2, 0.25) is 0 Å². The number of hydrogen-bond donors (Lipinski definition) is 1. The quantitative estimate of drug-likeness (QED) is 0.522. The molecule has 1 aromatic heterocycles. The van der Waals surface area contributed by atoms with E-state index in [1.807, 2.05) is 0 Å². The van der Waals surface area contributed by atoms with Gasteiger partial charge in [-0.15, -0.1) is 0 Å². The molecule has 0 saturated heterocycles. The lowest BCUT2D eigenvalue weighted by atomic mass is 10.1. The Morgan fingerprint density at radius 1 is 1.43 bits per heavy atom. The topological polar surface area (TPSA) is 111 Å². The van der Waals surface area contributed by atoms with Gasteiger partial charge in [0.1, 0.15) is 17.3 Å². The fourth-order valence-corrected chi connectivity index (χ4v) is 1.89. The van der Waals surface area contributed by atoms with Crippen LogP contribution in [0.4, 0.5) is 5.69 Å². The molecule has 0 radical (unpaired) electrons. The number of aliphatic carboxylic acids is 1. The molecule has 0 fully saturated rings. The summed E-state index contributed by atoms with van der Waals surface area (Å²) in [5.41, 5.74) is 0.531. The van der Waals surface area contributed by atoms with E-state index in [1.54, 1.807) is 19.9 Å². The Morgan fingerprint density at radius 3 is 2.67 bits per heavy atom. The van der Waals surface area contributed by atoms with Gasteiger partial charge >= 0.3 is 5.97 Å². The van der Waals surface area contributed by atoms with E-state index in [-0.39, 0.29) is 11.4 Å². The Balaban J connectivity index is 2.55. The molecule has 8 heteroatoms. The van der Waals surface area contributed by atoms with Crippen molar-refractivity contribution >= 4 is 17.7 Å². The maximum atomic E-state index is 11.2. The molecule has 1 aromatic carbocycles. The molecule has 21 heavy (non-hydrogen) atoms. The average Bonchev–Trinajstić information content (AvgIpc) is 2.75. The SMILES string of the molecule is Cc1nc(C)n(-c2ccc(/C=C/C(=O)O)cc2[N+](=O)[O-])n1. The Labute approximate surface area is 119 Å². The van der Waals surface area contributed by atoms with Crippen LogP contribution in [0.1, 0.15) is 17.2 Å². The minimum atomic E-state index is -1.12. The maximum Gasteiger partial charge on any atom is 0.328 e. The number of nitrogens with zero attached hydrogens (tertiary/aromatic N) is 4. The molecule has 108 valence electrons. The predicted molar refractivity (Wildman–Crippen MR) is 74.2 cm³/mol. The van der Waals surface area contributed by atoms with Gasteiger partial charge in [-0.05, 0) is 31.6 Å². The number of carboxylic acids is 1. The third kappa shape index (κ3) is 3.11. The second-order valence-electron chi connectivity index (χ2n) is 4.29. The van der Waals surface area contributed by atoms with Crippen LogP contribution in [0.2, 0.25) is 0 Å². The number of carbonyl (C=O) groups is 1. The summed E-state index contributed by atoms with van der Waals surface area (Å²) in [5, 5.41) is 23.9. The molecular weight excluding hydrogens is 276 g/mol. The molecule has 1 N–H and O–H groups in total. The van der Waals surface area contributed by atoms with E-state index >= 15 is 0 Å². The third-order valence-corrected chi connectivity index (χ3v) is 2.72. The zero-order valence-corrected chi connectivity index (χ0v) is 11.3. The second kappa shape index (κ2) is 5.53. The van der Waals surface area contributed by atoms with Crippen molar-refractivity contribution in [2.45, 2.75) is 13.8 Å². The van der Waals surface area contributed by atoms with Gasteiger partial charge in [-0.25, -0.2) is 14.5 Å². The zero-order chi connectivity index (χ0) is 15.6. The van der Waals surface area contributed by atoms with Gasteiger partial charge in [0.05, 0.1) is 4.92 Å². The molecule has 2 rings (SSSR count). The Bertz CT molecular complexity index is 749. The number of carboxylic acid groups (broad SMARTS) is 1. The van der Waals surface area contributed by atoms with E-state index in [4.69, 9.17) is 5.11 Å². The molecule has 0 aliphatic rings. The largest absolute Gasteiger partial charge is 0.478 e. The molecule has 0 aliphatic carbocycles. The van der Waals surface area contributed by atoms with Crippen LogP contribution < -0.4 is 0 Å². The van der Waals surface area contributed by atoms with Gasteiger partial charge in [-0.2, -0.15) is 5.10 Å². The maximum absolute atomic E-state index is 11.2. The molecule has 0 unspecified atom stereocenters. The smallest absolute Gasteiger partial charge is 0.328 e. The fourth-order valence-electron chi connectivity index (χ4n) is 1.89. The Hall–Kier alpha value is -3.03. The van der Waals surface area contributed by atoms with E-state index in [0.717, 1.165) is 6.08 Å². The van der Waals surface area contributed by atoms with E-state index < -0.39 is 10.9 Å². The highest BCUT2D eigenvalue weighted by Gasteiger charge is 2.18. The fraction of sp³-hybridized carbons (Fsp3) is 0.154. The molecule has 0 saturated carbocycles. The zero-order valence-electron chi connectivity index (χ0n) is 11.3. The highest BCUT2D eigenvalue weighted by molar-refractivity contribution is 5.85. The standard InChI is InChI=1S/C13H12N4O4/c1-8-14-9(2)16(15-8)11-5-3-10(4-6-13(18)19)7-12(11)17(20)21/h3-7H,1-2H3,(H,18,19)/b6-4+. The van der Waals surface area contributed by atoms with Gasteiger partial charge in [0.15, 0.2) is 0 Å². The van der Waals surface area contributed by atoms with Crippen LogP contribution in [0.25, 0.3) is 11.8 Å². The Morgan fingerprint density at radius 2 is 2.14 bits per heavy atom. The van der Waals surface area contributed by atoms with Crippen molar-refractivity contribution in [2.24, 2.45) is 0 Å². The van der Waals surface area contributed by atoms with Crippen molar-refractivity contribution in [3.63, 3.8) is 0 Å². The lowest BCUT2D eigenvalue weighted by Gasteiger charge is -2.05. The van der Waals surface area contributed by atoms with E-state index in [1.165, 1.54) is 22.9 Å². The van der Waals surface area contributed by atoms with Crippen molar-refractivity contribution in [3.8, 4) is 5.69 Å². The number of rotatable bonds is 4. The number of nitro groups is 1. The van der Waals surface area contributed by atoms with Gasteiger partial charge < -0.3 is 5.11 Å². The van der Waals surface area contributed by atoms with Crippen molar-refractivity contribution in [1.82, 2.24) is 14.8 Å². The van der Waals surface area contributed by atoms with E-state index in [9.17, 15) is 14.9 Å². The van der Waals surface area contributed by atoms with E-state index in [0.29, 0.717) is 17.2 Å². The minimum absolute atomic E-state index is 0.171. The number of benzene rings is 1. The highest BCUT2D eigenvalue weighted by atomic mass is 16.6. The molecular formula is C13H12N4O4. The first-order valence-electron chi connectivity index (χ1n) is 5.98. The Kier molecular flexibility index (Phi) is 3.79. The van der Waals surface area contributed by atoms with Crippen molar-refractivity contribution in [2.75, 3.05) is 0 Å². The predicted octanol–water partition coefficient (Wildman–Crippen LogP) is 1.89. The molecule has 0 bridgehead atoms. The minimum Gasteiger partial charge on any atom is -0.478 e. The number of hydrogen-bond acceptors (Lipinski definition) is 5. The summed E-state index contributed by atoms with van der Waals surface area (Å²) < 4.78 is 1.39. The first-order valence-corrected chi connectivity index (χ1v) is 5.98.